The molecule has 2 heterocycles. The second-order valence-electron chi connectivity index (χ2n) is 5.56. The molecule has 0 aliphatic heterocycles. The summed E-state index contributed by atoms with van der Waals surface area (Å²) in [4.78, 5) is 7.25. The third kappa shape index (κ3) is 5.34. The van der Waals surface area contributed by atoms with E-state index in [2.05, 4.69) is 34.7 Å². The zero-order valence-electron chi connectivity index (χ0n) is 13.9. The fourth-order valence-corrected chi connectivity index (χ4v) is 3.79. The van der Waals surface area contributed by atoms with Crippen molar-refractivity contribution in [3.05, 3.63) is 44.3 Å². The molecule has 126 valence electrons. The summed E-state index contributed by atoms with van der Waals surface area (Å²) < 4.78 is 0. The van der Waals surface area contributed by atoms with E-state index in [-0.39, 0.29) is 0 Å². The average molecular weight is 352 g/mol. The Morgan fingerprint density at radius 1 is 1.22 bits per heavy atom. The maximum Gasteiger partial charge on any atom is 0.191 e. The van der Waals surface area contributed by atoms with Crippen LogP contribution in [0.2, 0.25) is 0 Å². The summed E-state index contributed by atoms with van der Waals surface area (Å²) in [5, 5.41) is 21.0. The Labute approximate surface area is 146 Å². The van der Waals surface area contributed by atoms with Gasteiger partial charge in [0, 0.05) is 16.3 Å². The molecule has 2 aromatic heterocycles. The molecule has 1 atom stereocenters. The van der Waals surface area contributed by atoms with Crippen molar-refractivity contribution in [2.45, 2.75) is 39.3 Å². The Bertz CT molecular complexity index is 618. The first kappa shape index (κ1) is 18.0. The molecule has 0 amide bonds. The van der Waals surface area contributed by atoms with Crippen molar-refractivity contribution in [1.29, 1.82) is 0 Å². The summed E-state index contributed by atoms with van der Waals surface area (Å²) in [5.41, 5.74) is 0.0193. The molecule has 23 heavy (non-hydrogen) atoms. The first-order chi connectivity index (χ1) is 11.0. The quantitative estimate of drug-likeness (QED) is 0.530. The number of aryl methyl sites for hydroxylation is 1. The van der Waals surface area contributed by atoms with E-state index in [1.165, 1.54) is 9.75 Å². The molecule has 0 spiro atoms. The smallest absolute Gasteiger partial charge is 0.191 e. The molecule has 0 aromatic carbocycles. The van der Waals surface area contributed by atoms with Gasteiger partial charge in [-0.2, -0.15) is 11.3 Å². The second kappa shape index (κ2) is 8.47. The lowest BCUT2D eigenvalue weighted by atomic mass is 9.99. The van der Waals surface area contributed by atoms with Gasteiger partial charge in [-0.3, -0.25) is 0 Å². The predicted molar refractivity (Wildman–Crippen MR) is 100 cm³/mol. The molecule has 2 rings (SSSR count). The van der Waals surface area contributed by atoms with Crippen LogP contribution in [0.4, 0.5) is 0 Å². The lowest BCUT2D eigenvalue weighted by molar-refractivity contribution is 0.0621. The number of rotatable bonds is 7. The highest BCUT2D eigenvalue weighted by Crippen LogP contribution is 2.22. The number of thiophene rings is 2. The Hall–Kier alpha value is -1.37. The third-order valence-corrected chi connectivity index (χ3v) is 5.44. The predicted octanol–water partition coefficient (Wildman–Crippen LogP) is 3.33. The van der Waals surface area contributed by atoms with Gasteiger partial charge >= 0.3 is 0 Å². The molecule has 3 N–H and O–H groups in total. The van der Waals surface area contributed by atoms with Crippen LogP contribution in [0.5, 0.6) is 0 Å². The van der Waals surface area contributed by atoms with Crippen LogP contribution in [0, 0.1) is 0 Å². The second-order valence-corrected chi connectivity index (χ2v) is 7.59. The van der Waals surface area contributed by atoms with Crippen LogP contribution in [0.15, 0.2) is 34.0 Å². The van der Waals surface area contributed by atoms with Gasteiger partial charge < -0.3 is 15.7 Å². The van der Waals surface area contributed by atoms with Crippen molar-refractivity contribution in [3.8, 4) is 0 Å². The van der Waals surface area contributed by atoms with E-state index >= 15 is 0 Å². The summed E-state index contributed by atoms with van der Waals surface area (Å²) >= 11 is 3.39. The Balaban J connectivity index is 1.96. The van der Waals surface area contributed by atoms with Crippen LogP contribution in [-0.4, -0.2) is 24.2 Å². The summed E-state index contributed by atoms with van der Waals surface area (Å²) in [6.45, 7) is 7.88. The van der Waals surface area contributed by atoms with Crippen LogP contribution in [0.25, 0.3) is 0 Å². The number of nitrogens with zero attached hydrogens (tertiary/aromatic N) is 1. The molecule has 0 aliphatic rings. The van der Waals surface area contributed by atoms with Crippen molar-refractivity contribution < 1.29 is 5.11 Å². The number of aliphatic imine (C=N–C) groups is 1. The molecule has 6 heteroatoms. The Morgan fingerprint density at radius 2 is 2.00 bits per heavy atom. The molecular weight excluding hydrogens is 326 g/mol. The van der Waals surface area contributed by atoms with Crippen molar-refractivity contribution in [2.24, 2.45) is 4.99 Å². The van der Waals surface area contributed by atoms with Crippen LogP contribution >= 0.6 is 22.7 Å². The van der Waals surface area contributed by atoms with Gasteiger partial charge in [0.25, 0.3) is 0 Å². The maximum atomic E-state index is 10.6. The third-order valence-electron chi connectivity index (χ3n) is 3.55. The van der Waals surface area contributed by atoms with E-state index in [4.69, 9.17) is 0 Å². The SMILES string of the molecule is CCNC(=NCc1ccc(CC)s1)NCC(C)(O)c1ccsc1. The lowest BCUT2D eigenvalue weighted by Gasteiger charge is -2.24. The van der Waals surface area contributed by atoms with E-state index in [1.807, 2.05) is 30.7 Å². The first-order valence-corrected chi connectivity index (χ1v) is 9.66. The highest BCUT2D eigenvalue weighted by Gasteiger charge is 2.23. The van der Waals surface area contributed by atoms with Crippen LogP contribution in [0.1, 0.15) is 36.1 Å². The van der Waals surface area contributed by atoms with Gasteiger partial charge in [-0.05, 0) is 54.8 Å². The summed E-state index contributed by atoms with van der Waals surface area (Å²) in [6.07, 6.45) is 1.07. The van der Waals surface area contributed by atoms with Crippen LogP contribution in [0.3, 0.4) is 0 Å². The van der Waals surface area contributed by atoms with Crippen molar-refractivity contribution in [2.75, 3.05) is 13.1 Å². The van der Waals surface area contributed by atoms with Crippen LogP contribution < -0.4 is 10.6 Å². The summed E-state index contributed by atoms with van der Waals surface area (Å²) in [7, 11) is 0. The molecule has 0 saturated carbocycles. The van der Waals surface area contributed by atoms with Crippen molar-refractivity contribution in [3.63, 3.8) is 0 Å². The van der Waals surface area contributed by atoms with Gasteiger partial charge in [0.15, 0.2) is 5.96 Å². The fourth-order valence-electron chi connectivity index (χ4n) is 2.12. The number of guanidine groups is 1. The van der Waals surface area contributed by atoms with E-state index in [0.717, 1.165) is 24.5 Å². The molecule has 0 fully saturated rings. The van der Waals surface area contributed by atoms with E-state index in [0.29, 0.717) is 13.1 Å². The zero-order chi connectivity index (χ0) is 16.7. The van der Waals surface area contributed by atoms with E-state index in [1.54, 1.807) is 22.7 Å². The Morgan fingerprint density at radius 3 is 2.61 bits per heavy atom. The number of nitrogens with one attached hydrogen (secondary N) is 2. The first-order valence-electron chi connectivity index (χ1n) is 7.90. The van der Waals surface area contributed by atoms with Crippen molar-refractivity contribution in [1.82, 2.24) is 10.6 Å². The molecule has 0 aliphatic carbocycles. The highest BCUT2D eigenvalue weighted by molar-refractivity contribution is 7.12. The topological polar surface area (TPSA) is 56.7 Å². The summed E-state index contributed by atoms with van der Waals surface area (Å²) in [5.74, 6) is 0.731. The standard InChI is InChI=1S/C17H25N3OS2/c1-4-14-6-7-15(23-14)10-19-16(18-5-2)20-12-17(3,21)13-8-9-22-11-13/h6-9,11,21H,4-5,10,12H2,1-3H3,(H2,18,19,20). The zero-order valence-corrected chi connectivity index (χ0v) is 15.6. The molecule has 0 bridgehead atoms. The monoisotopic (exact) mass is 351 g/mol. The maximum absolute atomic E-state index is 10.6. The summed E-state index contributed by atoms with van der Waals surface area (Å²) in [6, 6.07) is 6.25. The van der Waals surface area contributed by atoms with E-state index in [9.17, 15) is 5.11 Å². The molecule has 0 radical (unpaired) electrons. The van der Waals surface area contributed by atoms with Gasteiger partial charge in [0.05, 0.1) is 13.1 Å². The molecule has 0 saturated heterocycles. The average Bonchev–Trinajstić information content (AvgIpc) is 3.21. The van der Waals surface area contributed by atoms with E-state index < -0.39 is 5.60 Å². The van der Waals surface area contributed by atoms with Gasteiger partial charge in [0.2, 0.25) is 0 Å². The van der Waals surface area contributed by atoms with Gasteiger partial charge in [-0.1, -0.05) is 6.92 Å². The largest absolute Gasteiger partial charge is 0.384 e. The minimum atomic E-state index is -0.908. The number of hydrogen-bond acceptors (Lipinski definition) is 4. The molecule has 2 aromatic rings. The normalized spacial score (nSPS) is 14.5. The van der Waals surface area contributed by atoms with Gasteiger partial charge in [-0.15, -0.1) is 11.3 Å². The lowest BCUT2D eigenvalue weighted by Crippen LogP contribution is -2.44. The molecule has 1 unspecified atom stereocenters. The molecule has 4 nitrogen and oxygen atoms in total. The number of aliphatic hydroxyl groups is 1. The number of hydrogen-bond donors (Lipinski definition) is 3. The highest BCUT2D eigenvalue weighted by atomic mass is 32.1. The fraction of sp³-hybridized carbons (Fsp3) is 0.471. The Kier molecular flexibility index (Phi) is 6.62. The van der Waals surface area contributed by atoms with Crippen LogP contribution in [-0.2, 0) is 18.6 Å². The molecular formula is C17H25N3OS2. The van der Waals surface area contributed by atoms with Gasteiger partial charge in [-0.25, -0.2) is 4.99 Å². The minimum absolute atomic E-state index is 0.417. The van der Waals surface area contributed by atoms with Gasteiger partial charge in [0.1, 0.15) is 5.60 Å². The van der Waals surface area contributed by atoms with Crippen molar-refractivity contribution >= 4 is 28.6 Å². The minimum Gasteiger partial charge on any atom is -0.384 e.